The molecule has 12 heavy (non-hydrogen) atoms. The highest BCUT2D eigenvalue weighted by Gasteiger charge is 2.16. The average Bonchev–Trinajstić information content (AvgIpc) is 2.59. The molecular formula is C9H11OPS. The summed E-state index contributed by atoms with van der Waals surface area (Å²) in [6.45, 7) is 0.964. The lowest BCUT2D eigenvalue weighted by Gasteiger charge is -2.06. The van der Waals surface area contributed by atoms with Gasteiger partial charge in [0.15, 0.2) is 0 Å². The molecule has 0 amide bonds. The first kappa shape index (κ1) is 8.55. The van der Waals surface area contributed by atoms with Crippen LogP contribution in [-0.2, 0) is 4.52 Å². The molecular weight excluding hydrogens is 187 g/mol. The van der Waals surface area contributed by atoms with E-state index in [1.165, 1.54) is 17.5 Å². The fraction of sp³-hybridized carbons (Fsp3) is 0.333. The smallest absolute Gasteiger partial charge is 0.0936 e. The molecule has 1 nitrogen and oxygen atoms in total. The zero-order valence-electron chi connectivity index (χ0n) is 6.77. The molecule has 2 rings (SSSR count). The fourth-order valence-corrected chi connectivity index (χ4v) is 4.72. The minimum Gasteiger partial charge on any atom is -0.348 e. The molecule has 3 heteroatoms. The molecule has 0 bridgehead atoms. The van der Waals surface area contributed by atoms with Crippen LogP contribution < -0.4 is 0 Å². The molecule has 1 atom stereocenters. The summed E-state index contributed by atoms with van der Waals surface area (Å²) in [5, 5.41) is 0. The normalized spacial score (nSPS) is 22.8. The molecule has 1 aromatic rings. The highest BCUT2D eigenvalue weighted by atomic mass is 32.7. The van der Waals surface area contributed by atoms with Gasteiger partial charge in [-0.3, -0.25) is 0 Å². The van der Waals surface area contributed by atoms with Gasteiger partial charge in [0.2, 0.25) is 0 Å². The Morgan fingerprint density at radius 2 is 2.08 bits per heavy atom. The zero-order chi connectivity index (χ0) is 8.23. The number of hydrogen-bond acceptors (Lipinski definition) is 2. The first-order valence-electron chi connectivity index (χ1n) is 4.08. The summed E-state index contributed by atoms with van der Waals surface area (Å²) in [5.74, 6) is 0. The van der Waals surface area contributed by atoms with Crippen LogP contribution in [0.2, 0.25) is 0 Å². The highest BCUT2D eigenvalue weighted by Crippen LogP contribution is 2.57. The highest BCUT2D eigenvalue weighted by molar-refractivity contribution is 8.54. The van der Waals surface area contributed by atoms with Crippen LogP contribution in [0.5, 0.6) is 0 Å². The van der Waals surface area contributed by atoms with Crippen LogP contribution in [0, 0.1) is 0 Å². The summed E-state index contributed by atoms with van der Waals surface area (Å²) < 4.78 is 5.58. The maximum atomic E-state index is 5.58. The second-order valence-electron chi connectivity index (χ2n) is 2.65. The van der Waals surface area contributed by atoms with Gasteiger partial charge in [-0.15, -0.1) is 0 Å². The van der Waals surface area contributed by atoms with E-state index in [0.29, 0.717) is 0 Å². The van der Waals surface area contributed by atoms with Crippen molar-refractivity contribution in [1.82, 2.24) is 0 Å². The van der Waals surface area contributed by atoms with Gasteiger partial charge < -0.3 is 4.52 Å². The van der Waals surface area contributed by atoms with Crippen LogP contribution in [0.3, 0.4) is 0 Å². The summed E-state index contributed by atoms with van der Waals surface area (Å²) >= 11 is 1.89. The Hall–Kier alpha value is -0.0400. The standard InChI is InChI=1S/C9H11OPS/c1-2-5-9(6-3-1)12-11-8-4-7-10-11/h1-3,5-6H,4,7-8H2. The number of rotatable bonds is 2. The van der Waals surface area contributed by atoms with Crippen LogP contribution in [-0.4, -0.2) is 12.8 Å². The van der Waals surface area contributed by atoms with Gasteiger partial charge in [-0.1, -0.05) is 29.6 Å². The van der Waals surface area contributed by atoms with E-state index in [1.54, 1.807) is 0 Å². The van der Waals surface area contributed by atoms with Crippen molar-refractivity contribution in [3.63, 3.8) is 0 Å². The molecule has 1 saturated heterocycles. The van der Waals surface area contributed by atoms with E-state index in [-0.39, 0.29) is 7.35 Å². The molecule has 0 aromatic heterocycles. The van der Waals surface area contributed by atoms with Crippen LogP contribution in [0.4, 0.5) is 0 Å². The van der Waals surface area contributed by atoms with Gasteiger partial charge in [-0.05, 0) is 18.6 Å². The summed E-state index contributed by atoms with van der Waals surface area (Å²) in [6.07, 6.45) is 2.50. The van der Waals surface area contributed by atoms with E-state index in [2.05, 4.69) is 24.3 Å². The second kappa shape index (κ2) is 4.27. The Kier molecular flexibility index (Phi) is 3.04. The molecule has 0 spiro atoms. The van der Waals surface area contributed by atoms with Crippen LogP contribution in [0.15, 0.2) is 35.2 Å². The third kappa shape index (κ3) is 2.22. The van der Waals surface area contributed by atoms with Crippen molar-refractivity contribution >= 4 is 18.7 Å². The van der Waals surface area contributed by atoms with Gasteiger partial charge in [-0.25, -0.2) is 0 Å². The Bertz CT molecular complexity index is 234. The number of hydrogen-bond donors (Lipinski definition) is 0. The van der Waals surface area contributed by atoms with Crippen molar-refractivity contribution < 1.29 is 4.52 Å². The second-order valence-corrected chi connectivity index (χ2v) is 6.44. The van der Waals surface area contributed by atoms with E-state index in [9.17, 15) is 0 Å². The van der Waals surface area contributed by atoms with E-state index in [0.717, 1.165) is 6.61 Å². The van der Waals surface area contributed by atoms with E-state index in [1.807, 2.05) is 17.4 Å². The quantitative estimate of drug-likeness (QED) is 0.672. The molecule has 1 unspecified atom stereocenters. The molecule has 64 valence electrons. The van der Waals surface area contributed by atoms with Crippen molar-refractivity contribution in [2.75, 3.05) is 12.8 Å². The summed E-state index contributed by atoms with van der Waals surface area (Å²) in [5.41, 5.74) is 0. The zero-order valence-corrected chi connectivity index (χ0v) is 8.48. The lowest BCUT2D eigenvalue weighted by atomic mass is 10.4. The fourth-order valence-electron chi connectivity index (χ4n) is 1.10. The lowest BCUT2D eigenvalue weighted by Crippen LogP contribution is -1.70. The van der Waals surface area contributed by atoms with Crippen LogP contribution in [0.1, 0.15) is 6.42 Å². The molecule has 1 aromatic carbocycles. The summed E-state index contributed by atoms with van der Waals surface area (Å²) in [4.78, 5) is 1.34. The van der Waals surface area contributed by atoms with Crippen molar-refractivity contribution in [1.29, 1.82) is 0 Å². The van der Waals surface area contributed by atoms with Crippen LogP contribution >= 0.6 is 18.7 Å². The maximum Gasteiger partial charge on any atom is 0.0936 e. The Morgan fingerprint density at radius 1 is 1.25 bits per heavy atom. The molecule has 0 aliphatic carbocycles. The minimum absolute atomic E-state index is 0.205. The molecule has 0 saturated carbocycles. The van der Waals surface area contributed by atoms with E-state index in [4.69, 9.17) is 4.52 Å². The Balaban J connectivity index is 1.94. The topological polar surface area (TPSA) is 9.23 Å². The Labute approximate surface area is 78.1 Å². The van der Waals surface area contributed by atoms with E-state index < -0.39 is 0 Å². The van der Waals surface area contributed by atoms with Gasteiger partial charge in [0, 0.05) is 11.1 Å². The summed E-state index contributed by atoms with van der Waals surface area (Å²) in [6, 6.07) is 10.5. The van der Waals surface area contributed by atoms with Gasteiger partial charge in [0.05, 0.1) is 14.0 Å². The van der Waals surface area contributed by atoms with Crippen molar-refractivity contribution in [3.8, 4) is 0 Å². The molecule has 0 N–H and O–H groups in total. The molecule has 1 aliphatic heterocycles. The first-order chi connectivity index (χ1) is 5.95. The predicted octanol–water partition coefficient (Wildman–Crippen LogP) is 3.51. The minimum atomic E-state index is -0.205. The van der Waals surface area contributed by atoms with Gasteiger partial charge in [0.1, 0.15) is 0 Å². The van der Waals surface area contributed by atoms with Crippen molar-refractivity contribution in [3.05, 3.63) is 30.3 Å². The summed E-state index contributed by atoms with van der Waals surface area (Å²) in [7, 11) is -0.205. The lowest BCUT2D eigenvalue weighted by molar-refractivity contribution is 0.393. The SMILES string of the molecule is c1ccc(SP2CCCO2)cc1. The van der Waals surface area contributed by atoms with Crippen molar-refractivity contribution in [2.24, 2.45) is 0 Å². The average molecular weight is 198 g/mol. The van der Waals surface area contributed by atoms with Crippen molar-refractivity contribution in [2.45, 2.75) is 11.3 Å². The monoisotopic (exact) mass is 198 g/mol. The largest absolute Gasteiger partial charge is 0.348 e. The molecule has 1 aliphatic rings. The number of benzene rings is 1. The Morgan fingerprint density at radius 3 is 2.75 bits per heavy atom. The predicted molar refractivity (Wildman–Crippen MR) is 54.7 cm³/mol. The first-order valence-corrected chi connectivity index (χ1v) is 6.95. The van der Waals surface area contributed by atoms with E-state index >= 15 is 0 Å². The molecule has 0 radical (unpaired) electrons. The van der Waals surface area contributed by atoms with Gasteiger partial charge >= 0.3 is 0 Å². The molecule has 1 fully saturated rings. The van der Waals surface area contributed by atoms with Gasteiger partial charge in [0.25, 0.3) is 0 Å². The maximum absolute atomic E-state index is 5.58. The van der Waals surface area contributed by atoms with Gasteiger partial charge in [-0.2, -0.15) is 0 Å². The van der Waals surface area contributed by atoms with Crippen LogP contribution in [0.25, 0.3) is 0 Å². The third-order valence-electron chi connectivity index (χ3n) is 1.67. The third-order valence-corrected chi connectivity index (χ3v) is 5.62. The molecule has 1 heterocycles.